The van der Waals surface area contributed by atoms with E-state index in [0.29, 0.717) is 13.0 Å². The molecule has 6 heteroatoms. The minimum Gasteiger partial charge on any atom is -0.508 e. The number of phenolic OH excluding ortho intramolecular Hbond substituents is 1. The van der Waals surface area contributed by atoms with E-state index in [4.69, 9.17) is 5.73 Å². The van der Waals surface area contributed by atoms with Gasteiger partial charge >= 0.3 is 0 Å². The highest BCUT2D eigenvalue weighted by Crippen LogP contribution is 2.17. The molecule has 0 radical (unpaired) electrons. The van der Waals surface area contributed by atoms with Gasteiger partial charge in [-0.2, -0.15) is 0 Å². The quantitative estimate of drug-likeness (QED) is 0.721. The maximum absolute atomic E-state index is 11.5. The van der Waals surface area contributed by atoms with Crippen LogP contribution < -0.4 is 5.73 Å². The number of aromatic hydroxyl groups is 1. The first kappa shape index (κ1) is 15.7. The van der Waals surface area contributed by atoms with Gasteiger partial charge in [0.15, 0.2) is 0 Å². The maximum Gasteiger partial charge on any atom is 0.223 e. The van der Waals surface area contributed by atoms with Crippen LogP contribution in [0.5, 0.6) is 5.75 Å². The Balaban J connectivity index is 1.90. The minimum absolute atomic E-state index is 0.124. The number of carbonyl (C=O) groups is 1. The molecule has 24 heavy (non-hydrogen) atoms. The van der Waals surface area contributed by atoms with Gasteiger partial charge in [0, 0.05) is 25.4 Å². The zero-order chi connectivity index (χ0) is 16.9. The van der Waals surface area contributed by atoms with Gasteiger partial charge in [-0.1, -0.05) is 12.1 Å². The number of primary amides is 1. The van der Waals surface area contributed by atoms with Crippen molar-refractivity contribution in [2.45, 2.75) is 19.4 Å². The van der Waals surface area contributed by atoms with Crippen LogP contribution in [0, 0.1) is 0 Å². The Hall–Kier alpha value is -3.15. The molecule has 3 aromatic rings. The van der Waals surface area contributed by atoms with Crippen molar-refractivity contribution in [1.82, 2.24) is 14.5 Å². The van der Waals surface area contributed by atoms with Crippen molar-refractivity contribution in [3.63, 3.8) is 0 Å². The number of nitrogens with zero attached hydrogens (tertiary/aromatic N) is 3. The predicted molar refractivity (Wildman–Crippen MR) is 89.4 cm³/mol. The lowest BCUT2D eigenvalue weighted by atomic mass is 10.1. The van der Waals surface area contributed by atoms with Crippen LogP contribution >= 0.6 is 0 Å². The molecule has 3 rings (SSSR count). The number of nitrogens with two attached hydrogens (primary N) is 1. The molecular formula is C18H18N4O2. The molecule has 0 spiro atoms. The first-order valence-corrected chi connectivity index (χ1v) is 7.60. The lowest BCUT2D eigenvalue weighted by Crippen LogP contribution is -2.18. The summed E-state index contributed by atoms with van der Waals surface area (Å²) in [6.45, 7) is 0.514. The maximum atomic E-state index is 11.5. The molecule has 0 saturated carbocycles. The largest absolute Gasteiger partial charge is 0.508 e. The Morgan fingerprint density at radius 3 is 2.67 bits per heavy atom. The van der Waals surface area contributed by atoms with E-state index < -0.39 is 5.91 Å². The first-order valence-electron chi connectivity index (χ1n) is 7.60. The van der Waals surface area contributed by atoms with Gasteiger partial charge in [-0.05, 0) is 35.4 Å². The van der Waals surface area contributed by atoms with Crippen LogP contribution in [0.3, 0.4) is 0 Å². The van der Waals surface area contributed by atoms with Gasteiger partial charge < -0.3 is 15.4 Å². The van der Waals surface area contributed by atoms with Crippen LogP contribution in [0.1, 0.15) is 22.5 Å². The summed E-state index contributed by atoms with van der Waals surface area (Å²) in [4.78, 5) is 19.9. The normalized spacial score (nSPS) is 10.7. The number of phenols is 1. The highest BCUT2D eigenvalue weighted by molar-refractivity contribution is 5.76. The summed E-state index contributed by atoms with van der Waals surface area (Å²) in [6.07, 6.45) is 5.90. The molecule has 0 fully saturated rings. The summed E-state index contributed by atoms with van der Waals surface area (Å²) in [7, 11) is 0. The number of aromatic nitrogens is 3. The number of benzene rings is 1. The van der Waals surface area contributed by atoms with Crippen molar-refractivity contribution in [1.29, 1.82) is 0 Å². The van der Waals surface area contributed by atoms with E-state index >= 15 is 0 Å². The third kappa shape index (κ3) is 3.78. The molecule has 0 aliphatic heterocycles. The van der Waals surface area contributed by atoms with Crippen LogP contribution in [0.25, 0.3) is 0 Å². The predicted octanol–water partition coefficient (Wildman–Crippen LogP) is 1.65. The Kier molecular flexibility index (Phi) is 4.56. The molecule has 3 N–H and O–H groups in total. The molecule has 122 valence electrons. The van der Waals surface area contributed by atoms with Crippen molar-refractivity contribution < 1.29 is 9.90 Å². The average Bonchev–Trinajstić information content (AvgIpc) is 2.90. The standard InChI is InChI=1S/C18H18N4O2/c19-18(24)10-17-16(9-13-4-6-20-7-5-13)21-12-22(17)11-14-2-1-3-15(23)8-14/h1-8,12,23H,9-11H2,(H2,19,24). The molecular weight excluding hydrogens is 304 g/mol. The summed E-state index contributed by atoms with van der Waals surface area (Å²) in [5.41, 5.74) is 9.01. The van der Waals surface area contributed by atoms with Gasteiger partial charge in [-0.25, -0.2) is 4.98 Å². The van der Waals surface area contributed by atoms with Crippen LogP contribution in [0.2, 0.25) is 0 Å². The fourth-order valence-corrected chi connectivity index (χ4v) is 2.65. The van der Waals surface area contributed by atoms with Crippen LogP contribution in [0.15, 0.2) is 55.1 Å². The lowest BCUT2D eigenvalue weighted by molar-refractivity contribution is -0.117. The number of imidazole rings is 1. The highest BCUT2D eigenvalue weighted by Gasteiger charge is 2.14. The van der Waals surface area contributed by atoms with Gasteiger partial charge in [0.05, 0.1) is 24.1 Å². The molecule has 6 nitrogen and oxygen atoms in total. The van der Waals surface area contributed by atoms with Crippen molar-refractivity contribution >= 4 is 5.91 Å². The van der Waals surface area contributed by atoms with Crippen LogP contribution in [0.4, 0.5) is 0 Å². The molecule has 0 bridgehead atoms. The summed E-state index contributed by atoms with van der Waals surface area (Å²) in [6, 6.07) is 10.8. The van der Waals surface area contributed by atoms with Gasteiger partial charge in [0.2, 0.25) is 5.91 Å². The van der Waals surface area contributed by atoms with E-state index in [1.54, 1.807) is 36.9 Å². The smallest absolute Gasteiger partial charge is 0.223 e. The molecule has 1 aromatic carbocycles. The zero-order valence-electron chi connectivity index (χ0n) is 13.1. The summed E-state index contributed by atoms with van der Waals surface area (Å²) in [5, 5.41) is 9.60. The van der Waals surface area contributed by atoms with E-state index in [2.05, 4.69) is 9.97 Å². The van der Waals surface area contributed by atoms with Crippen molar-refractivity contribution in [2.75, 3.05) is 0 Å². The Morgan fingerprint density at radius 2 is 1.96 bits per heavy atom. The second-order valence-corrected chi connectivity index (χ2v) is 5.61. The van der Waals surface area contributed by atoms with E-state index in [1.165, 1.54) is 0 Å². The highest BCUT2D eigenvalue weighted by atomic mass is 16.3. The van der Waals surface area contributed by atoms with E-state index in [9.17, 15) is 9.90 Å². The Morgan fingerprint density at radius 1 is 1.17 bits per heavy atom. The number of hydrogen-bond acceptors (Lipinski definition) is 4. The summed E-state index contributed by atoms with van der Waals surface area (Å²) >= 11 is 0. The zero-order valence-corrected chi connectivity index (χ0v) is 13.1. The molecule has 2 heterocycles. The molecule has 0 saturated heterocycles. The van der Waals surface area contributed by atoms with Crippen LogP contribution in [-0.2, 0) is 24.2 Å². The topological polar surface area (TPSA) is 94.0 Å². The van der Waals surface area contributed by atoms with Gasteiger partial charge in [-0.15, -0.1) is 0 Å². The second-order valence-electron chi connectivity index (χ2n) is 5.61. The Bertz CT molecular complexity index is 843. The van der Waals surface area contributed by atoms with Gasteiger partial charge in [0.1, 0.15) is 5.75 Å². The molecule has 0 atom stereocenters. The monoisotopic (exact) mass is 322 g/mol. The summed E-state index contributed by atoms with van der Waals surface area (Å²) < 4.78 is 1.90. The molecule has 1 amide bonds. The number of pyridine rings is 1. The third-order valence-corrected chi connectivity index (χ3v) is 3.76. The fourth-order valence-electron chi connectivity index (χ4n) is 2.65. The second kappa shape index (κ2) is 6.95. The molecule has 0 aliphatic rings. The molecule has 0 aliphatic carbocycles. The van der Waals surface area contributed by atoms with Crippen molar-refractivity contribution in [3.8, 4) is 5.75 Å². The summed E-state index contributed by atoms with van der Waals surface area (Å²) in [5.74, 6) is -0.190. The van der Waals surface area contributed by atoms with E-state index in [0.717, 1.165) is 22.5 Å². The Labute approximate surface area is 139 Å². The van der Waals surface area contributed by atoms with E-state index in [-0.39, 0.29) is 12.2 Å². The number of hydrogen-bond donors (Lipinski definition) is 2. The minimum atomic E-state index is -0.399. The first-order chi connectivity index (χ1) is 11.6. The van der Waals surface area contributed by atoms with Crippen molar-refractivity contribution in [3.05, 3.63) is 77.6 Å². The number of rotatable bonds is 6. The molecule has 2 aromatic heterocycles. The van der Waals surface area contributed by atoms with Gasteiger partial charge in [-0.3, -0.25) is 9.78 Å². The van der Waals surface area contributed by atoms with Gasteiger partial charge in [0.25, 0.3) is 0 Å². The average molecular weight is 322 g/mol. The van der Waals surface area contributed by atoms with Crippen LogP contribution in [-0.4, -0.2) is 25.5 Å². The molecule has 0 unspecified atom stereocenters. The third-order valence-electron chi connectivity index (χ3n) is 3.76. The lowest BCUT2D eigenvalue weighted by Gasteiger charge is -2.09. The van der Waals surface area contributed by atoms with E-state index in [1.807, 2.05) is 22.8 Å². The van der Waals surface area contributed by atoms with Crippen molar-refractivity contribution in [2.24, 2.45) is 5.73 Å². The number of amides is 1. The fraction of sp³-hybridized carbons (Fsp3) is 0.167. The SMILES string of the molecule is NC(=O)Cc1c(Cc2ccncc2)ncn1Cc1cccc(O)c1. The number of carbonyl (C=O) groups excluding carboxylic acids is 1.